The van der Waals surface area contributed by atoms with E-state index < -0.39 is 0 Å². The molecule has 0 heterocycles. The van der Waals surface area contributed by atoms with Crippen LogP contribution in [0.5, 0.6) is 0 Å². The number of benzene rings is 1. The number of hydrogen-bond acceptors (Lipinski definition) is 0. The van der Waals surface area contributed by atoms with Gasteiger partial charge < -0.3 is 0 Å². The zero-order valence-corrected chi connectivity index (χ0v) is 12.9. The fourth-order valence-corrected chi connectivity index (χ4v) is 3.05. The molecule has 0 saturated heterocycles. The van der Waals surface area contributed by atoms with Gasteiger partial charge in [-0.1, -0.05) is 49.7 Å². The lowest BCUT2D eigenvalue weighted by atomic mass is 9.87. The van der Waals surface area contributed by atoms with E-state index in [1.807, 2.05) is 0 Å². The molecule has 0 aliphatic rings. The Kier molecular flexibility index (Phi) is 4.88. The van der Waals surface area contributed by atoms with Crippen molar-refractivity contribution in [2.24, 2.45) is 5.41 Å². The third-order valence-corrected chi connectivity index (χ3v) is 3.58. The van der Waals surface area contributed by atoms with Crippen molar-refractivity contribution in [3.8, 4) is 0 Å². The highest BCUT2D eigenvalue weighted by Gasteiger charge is 2.14. The highest BCUT2D eigenvalue weighted by atomic mass is 79.9. The molecule has 0 bridgehead atoms. The molecule has 1 rings (SSSR count). The van der Waals surface area contributed by atoms with Crippen LogP contribution in [0.4, 0.5) is 0 Å². The first-order valence-electron chi connectivity index (χ1n) is 5.73. The summed E-state index contributed by atoms with van der Waals surface area (Å²) in [6, 6.07) is 4.49. The Morgan fingerprint density at radius 2 is 1.88 bits per heavy atom. The van der Waals surface area contributed by atoms with Crippen LogP contribution < -0.4 is 0 Å². The monoisotopic (exact) mass is 302 g/mol. The molecule has 90 valence electrons. The molecule has 0 atom stereocenters. The molecule has 2 heteroatoms. The van der Waals surface area contributed by atoms with Gasteiger partial charge in [0.1, 0.15) is 0 Å². The fourth-order valence-electron chi connectivity index (χ4n) is 1.99. The van der Waals surface area contributed by atoms with Gasteiger partial charge in [0.2, 0.25) is 0 Å². The van der Waals surface area contributed by atoms with Crippen molar-refractivity contribution in [3.05, 3.63) is 33.3 Å². The maximum absolute atomic E-state index is 6.01. The molecule has 0 spiro atoms. The molecule has 0 radical (unpaired) electrons. The lowest BCUT2D eigenvalue weighted by Crippen LogP contribution is -2.10. The van der Waals surface area contributed by atoms with Crippen molar-refractivity contribution in [1.29, 1.82) is 0 Å². The van der Waals surface area contributed by atoms with E-state index in [1.165, 1.54) is 21.2 Å². The summed E-state index contributed by atoms with van der Waals surface area (Å²) >= 11 is 9.65. The zero-order valence-electron chi connectivity index (χ0n) is 10.5. The van der Waals surface area contributed by atoms with Crippen LogP contribution in [0.1, 0.15) is 44.4 Å². The van der Waals surface area contributed by atoms with Crippen molar-refractivity contribution in [2.75, 3.05) is 0 Å². The predicted octanol–water partition coefficient (Wildman–Crippen LogP) is 5.34. The van der Waals surface area contributed by atoms with E-state index in [1.54, 1.807) is 0 Å². The summed E-state index contributed by atoms with van der Waals surface area (Å²) in [5, 5.41) is 0. The first-order chi connectivity index (χ1) is 7.37. The molecule has 0 aliphatic carbocycles. The molecular formula is C14H20BrCl. The lowest BCUT2D eigenvalue weighted by Gasteiger charge is -2.20. The lowest BCUT2D eigenvalue weighted by molar-refractivity contribution is 0.411. The smallest absolute Gasteiger partial charge is 0.0477 e. The van der Waals surface area contributed by atoms with Crippen molar-refractivity contribution >= 4 is 27.5 Å². The maximum Gasteiger partial charge on any atom is 0.0477 e. The minimum absolute atomic E-state index is 0.316. The van der Waals surface area contributed by atoms with E-state index >= 15 is 0 Å². The minimum Gasteiger partial charge on any atom is -0.122 e. The highest BCUT2D eigenvalue weighted by molar-refractivity contribution is 9.10. The van der Waals surface area contributed by atoms with Crippen molar-refractivity contribution in [3.63, 3.8) is 0 Å². The predicted molar refractivity (Wildman–Crippen MR) is 76.2 cm³/mol. The van der Waals surface area contributed by atoms with E-state index in [0.717, 1.165) is 12.8 Å². The number of alkyl halides is 1. The van der Waals surface area contributed by atoms with E-state index in [0.29, 0.717) is 11.3 Å². The summed E-state index contributed by atoms with van der Waals surface area (Å²) in [6.45, 7) is 8.94. The Bertz CT molecular complexity index is 364. The molecule has 1 aromatic rings. The fraction of sp³-hybridized carbons (Fsp3) is 0.571. The molecule has 0 fully saturated rings. The number of rotatable bonds is 3. The average Bonchev–Trinajstić information content (AvgIpc) is 2.14. The second-order valence-corrected chi connectivity index (χ2v) is 6.56. The summed E-state index contributed by atoms with van der Waals surface area (Å²) in [6.07, 6.45) is 2.11. The molecule has 0 unspecified atom stereocenters. The van der Waals surface area contributed by atoms with Crippen LogP contribution in [0, 0.1) is 5.41 Å². The average molecular weight is 304 g/mol. The second-order valence-electron chi connectivity index (χ2n) is 5.44. The molecule has 0 aromatic heterocycles. The van der Waals surface area contributed by atoms with Gasteiger partial charge in [0.15, 0.2) is 0 Å². The van der Waals surface area contributed by atoms with Gasteiger partial charge in [-0.05, 0) is 41.0 Å². The zero-order chi connectivity index (χ0) is 12.3. The molecule has 16 heavy (non-hydrogen) atoms. The van der Waals surface area contributed by atoms with Gasteiger partial charge in [0, 0.05) is 10.4 Å². The summed E-state index contributed by atoms with van der Waals surface area (Å²) in [4.78, 5) is 0. The maximum atomic E-state index is 6.01. The van der Waals surface area contributed by atoms with Crippen LogP contribution in [-0.2, 0) is 18.7 Å². The molecule has 0 nitrogen and oxygen atoms in total. The van der Waals surface area contributed by atoms with E-state index in [-0.39, 0.29) is 0 Å². The number of halogens is 2. The summed E-state index contributed by atoms with van der Waals surface area (Å²) in [5.41, 5.74) is 4.29. The van der Waals surface area contributed by atoms with Gasteiger partial charge in [0.05, 0.1) is 0 Å². The summed E-state index contributed by atoms with van der Waals surface area (Å²) in [7, 11) is 0. The van der Waals surface area contributed by atoms with Crippen LogP contribution in [0.3, 0.4) is 0 Å². The Morgan fingerprint density at radius 3 is 2.31 bits per heavy atom. The highest BCUT2D eigenvalue weighted by Crippen LogP contribution is 2.28. The Labute approximate surface area is 113 Å². The van der Waals surface area contributed by atoms with Crippen LogP contribution in [-0.4, -0.2) is 0 Å². The normalized spacial score (nSPS) is 11.9. The van der Waals surface area contributed by atoms with Gasteiger partial charge in [0.25, 0.3) is 0 Å². The van der Waals surface area contributed by atoms with Gasteiger partial charge in [-0.25, -0.2) is 0 Å². The van der Waals surface area contributed by atoms with E-state index in [9.17, 15) is 0 Å². The molecule has 0 amide bonds. The van der Waals surface area contributed by atoms with Crippen LogP contribution >= 0.6 is 27.5 Å². The topological polar surface area (TPSA) is 0 Å². The quantitative estimate of drug-likeness (QED) is 0.661. The number of hydrogen-bond donors (Lipinski definition) is 0. The largest absolute Gasteiger partial charge is 0.122 e. The Morgan fingerprint density at radius 1 is 1.25 bits per heavy atom. The van der Waals surface area contributed by atoms with Crippen LogP contribution in [0.25, 0.3) is 0 Å². The summed E-state index contributed by atoms with van der Waals surface area (Å²) in [5.74, 6) is 0.597. The Balaban J connectivity index is 3.10. The third-order valence-electron chi connectivity index (χ3n) is 2.58. The molecule has 1 aromatic carbocycles. The van der Waals surface area contributed by atoms with Crippen LogP contribution in [0.15, 0.2) is 16.6 Å². The second kappa shape index (κ2) is 5.55. The van der Waals surface area contributed by atoms with Crippen molar-refractivity contribution < 1.29 is 0 Å². The molecule has 0 N–H and O–H groups in total. The van der Waals surface area contributed by atoms with E-state index in [2.05, 4.69) is 55.8 Å². The first kappa shape index (κ1) is 14.1. The minimum atomic E-state index is 0.316. The van der Waals surface area contributed by atoms with Gasteiger partial charge in [-0.15, -0.1) is 11.6 Å². The van der Waals surface area contributed by atoms with Gasteiger partial charge in [-0.3, -0.25) is 0 Å². The standard InChI is InChI=1S/C14H20BrCl/c1-5-12-11(9-16)6-10(7-13(12)15)8-14(2,3)4/h6-7H,5,8-9H2,1-4H3. The van der Waals surface area contributed by atoms with Gasteiger partial charge >= 0.3 is 0 Å². The first-order valence-corrected chi connectivity index (χ1v) is 7.06. The molecule has 0 saturated carbocycles. The molecular weight excluding hydrogens is 284 g/mol. The summed E-state index contributed by atoms with van der Waals surface area (Å²) < 4.78 is 1.20. The molecule has 0 aliphatic heterocycles. The van der Waals surface area contributed by atoms with E-state index in [4.69, 9.17) is 11.6 Å². The van der Waals surface area contributed by atoms with Crippen LogP contribution in [0.2, 0.25) is 0 Å². The van der Waals surface area contributed by atoms with Crippen molar-refractivity contribution in [2.45, 2.75) is 46.4 Å². The SMILES string of the molecule is CCc1c(Br)cc(CC(C)(C)C)cc1CCl. The Hall–Kier alpha value is -0.0100. The van der Waals surface area contributed by atoms with Crippen molar-refractivity contribution in [1.82, 2.24) is 0 Å². The van der Waals surface area contributed by atoms with Gasteiger partial charge in [-0.2, -0.15) is 0 Å². The third kappa shape index (κ3) is 3.78.